The summed E-state index contributed by atoms with van der Waals surface area (Å²) in [6, 6.07) is 80.4. The monoisotopic (exact) mass is 1300 g/mol. The van der Waals surface area contributed by atoms with Gasteiger partial charge in [-0.3, -0.25) is 8.63 Å². The van der Waals surface area contributed by atoms with Crippen LogP contribution < -0.4 is 30.6 Å². The largest absolute Gasteiger partial charge is 0.671 e. The molecule has 0 radical (unpaired) electrons. The molecule has 10 nitrogen and oxygen atoms in total. The second-order valence-electron chi connectivity index (χ2n) is 25.9. The normalized spacial score (nSPS) is 19.8. The van der Waals surface area contributed by atoms with E-state index in [1.807, 2.05) is 77.8 Å². The van der Waals surface area contributed by atoms with E-state index in [9.17, 15) is 19.2 Å². The molecule has 0 saturated heterocycles. The number of nitrogens with zero attached hydrogens (tertiary/aromatic N) is 7. The zero-order chi connectivity index (χ0) is 66.9. The molecule has 482 valence electrons. The van der Waals surface area contributed by atoms with Crippen molar-refractivity contribution >= 4 is 76.3 Å². The lowest BCUT2D eigenvalue weighted by atomic mass is 9.86. The minimum Gasteiger partial charge on any atom is -0.586 e. The maximum atomic E-state index is 15.2. The van der Waals surface area contributed by atoms with Crippen LogP contribution in [0.5, 0.6) is 0 Å². The van der Waals surface area contributed by atoms with Gasteiger partial charge in [-0.15, -0.1) is 0 Å². The van der Waals surface area contributed by atoms with E-state index in [2.05, 4.69) is 244 Å². The van der Waals surface area contributed by atoms with Crippen LogP contribution in [0, 0.1) is 22.7 Å². The third-order valence-electron chi connectivity index (χ3n) is 20.3. The molecule has 16 rings (SSSR count). The van der Waals surface area contributed by atoms with Crippen LogP contribution in [0.4, 0.5) is 47.1 Å². The Kier molecular flexibility index (Phi) is 17.2. The number of hydrogen-bond acceptors (Lipinski definition) is 7. The number of nitrogens with one attached hydrogen (secondary N) is 1. The molecule has 6 aliphatic rings. The highest BCUT2D eigenvalue weighted by atomic mass is 19.2. The number of hydrogen-bond donors (Lipinski definition) is 3. The first kappa shape index (κ1) is 62.4. The van der Waals surface area contributed by atoms with Crippen molar-refractivity contribution in [2.45, 2.75) is 62.3 Å². The highest BCUT2D eigenvalue weighted by Crippen LogP contribution is 2.48. The molecule has 0 spiro atoms. The number of rotatable bonds is 18. The van der Waals surface area contributed by atoms with Crippen LogP contribution in [0.1, 0.15) is 66.2 Å². The lowest BCUT2D eigenvalue weighted by molar-refractivity contribution is -0.622. The summed E-state index contributed by atoms with van der Waals surface area (Å²) in [7, 11) is -4.55. The number of nitriles is 2. The Morgan fingerprint density at radius 1 is 0.596 bits per heavy atom. The third-order valence-corrected chi connectivity index (χ3v) is 20.3. The quantitative estimate of drug-likeness (QED) is 0.0445. The summed E-state index contributed by atoms with van der Waals surface area (Å²) in [4.78, 5) is 7.57. The topological polar surface area (TPSA) is 120 Å². The molecule has 2 aliphatic carbocycles. The summed E-state index contributed by atoms with van der Waals surface area (Å²) in [6.45, 7) is 0. The zero-order valence-corrected chi connectivity index (χ0v) is 54.5. The minimum absolute atomic E-state index is 0.00802. The smallest absolute Gasteiger partial charge is 0.586 e. The highest BCUT2D eigenvalue weighted by Gasteiger charge is 2.34. The predicted octanol–water partition coefficient (Wildman–Crippen LogP) is 17.4. The SMILES string of the molecule is N#CC(C1=CCC(N(C2=CCC(c3ccc4c5c(cccc35)[NH2+]C4[N-]C3CCC=CN3B(F)F)C=C2)c2ccc(-c3ccccc3)cc2)C=C1)=C(C#N)c1ccc(N(c2ccc(-c3ccccc3)cc2)c2ccc(-c3ccc4c5c(cccc35)C(NC3C=CC=C[NH2+]3)N4[BH2-]F)cc2)cc1. The average Bonchev–Trinajstić information content (AvgIpc) is 1.61. The van der Waals surface area contributed by atoms with Crippen molar-refractivity contribution in [2.75, 3.05) is 14.6 Å². The fourth-order valence-corrected chi connectivity index (χ4v) is 15.5. The van der Waals surface area contributed by atoms with Gasteiger partial charge < -0.3 is 39.7 Å². The second-order valence-corrected chi connectivity index (χ2v) is 25.9. The predicted molar refractivity (Wildman–Crippen MR) is 398 cm³/mol. The van der Waals surface area contributed by atoms with Crippen LogP contribution in [0.25, 0.3) is 65.8 Å². The third kappa shape index (κ3) is 12.0. The van der Waals surface area contributed by atoms with Gasteiger partial charge in [0.2, 0.25) is 7.69 Å². The first-order valence-corrected chi connectivity index (χ1v) is 34.1. The molecule has 0 saturated carbocycles. The Labute approximate surface area is 575 Å². The van der Waals surface area contributed by atoms with Crippen LogP contribution in [-0.4, -0.2) is 38.3 Å². The Morgan fingerprint density at radius 2 is 1.25 bits per heavy atom. The number of nitrogens with two attached hydrogens (primary N) is 2. The van der Waals surface area contributed by atoms with Crippen molar-refractivity contribution in [1.29, 1.82) is 10.5 Å². The molecule has 99 heavy (non-hydrogen) atoms. The van der Waals surface area contributed by atoms with Crippen LogP contribution in [0.15, 0.2) is 308 Å². The first-order valence-electron chi connectivity index (χ1n) is 34.1. The van der Waals surface area contributed by atoms with Gasteiger partial charge in [0.15, 0.2) is 6.17 Å². The molecule has 6 unspecified atom stereocenters. The van der Waals surface area contributed by atoms with Gasteiger partial charge in [-0.25, -0.2) is 5.32 Å². The van der Waals surface area contributed by atoms with Gasteiger partial charge in [0.1, 0.15) is 17.8 Å². The standard InChI is InChI=1S/C84H67B2F3N10/c87-85-99-78-50-49-70(72-17-11-19-74(82(72)78)84(99)94-79-21-7-9-51-92-79)60-29-41-66(42-30-60)98(64-37-25-58(26-38-64)56-15-5-2-6-16-56)68-45-33-62(34-46-68)76(54-91)75(53-90)61-31-43-67(44-32-61)97(63-35-23-57(24-36-63)55-13-3-1-4-14-55)65-39-27-59(28-40-65)69-47-48-73-81-71(69)18-12-20-77(81)93-83(73)95-80-22-8-10-52-96(80)86(88)89/h1-7,9-21,23-27,29-43,45-52,59,67,79-80,83-84,92-94H,8,22,28,44,85H2/q-2/p+2. The van der Waals surface area contributed by atoms with Crippen molar-refractivity contribution in [3.63, 3.8) is 0 Å². The maximum Gasteiger partial charge on any atom is 0.671 e. The van der Waals surface area contributed by atoms with Gasteiger partial charge in [0.05, 0.1) is 34.9 Å². The van der Waals surface area contributed by atoms with Crippen LogP contribution in [0.3, 0.4) is 0 Å². The molecule has 0 amide bonds. The van der Waals surface area contributed by atoms with Gasteiger partial charge in [0, 0.05) is 57.2 Å². The van der Waals surface area contributed by atoms with Gasteiger partial charge in [-0.05, 0) is 177 Å². The molecule has 0 bridgehead atoms. The molecule has 10 aromatic carbocycles. The number of benzene rings is 10. The van der Waals surface area contributed by atoms with E-state index in [1.54, 1.807) is 6.08 Å². The Morgan fingerprint density at radius 3 is 1.89 bits per heavy atom. The summed E-state index contributed by atoms with van der Waals surface area (Å²) in [5.41, 5.74) is 18.6. The van der Waals surface area contributed by atoms with E-state index < -0.39 is 21.3 Å². The Balaban J connectivity index is 0.676. The zero-order valence-electron chi connectivity index (χ0n) is 54.5. The number of allylic oxidation sites excluding steroid dienone is 10. The van der Waals surface area contributed by atoms with Crippen molar-refractivity contribution < 1.29 is 23.6 Å². The van der Waals surface area contributed by atoms with E-state index in [4.69, 9.17) is 5.32 Å². The van der Waals surface area contributed by atoms with Gasteiger partial charge in [-0.1, -0.05) is 206 Å². The number of quaternary nitrogens is 2. The summed E-state index contributed by atoms with van der Waals surface area (Å²) >= 11 is 0. The van der Waals surface area contributed by atoms with E-state index in [-0.39, 0.29) is 36.0 Å². The summed E-state index contributed by atoms with van der Waals surface area (Å²) in [5.74, 6) is 0.0846. The maximum absolute atomic E-state index is 15.2. The Bertz CT molecular complexity index is 5080. The molecule has 5 N–H and O–H groups in total. The molecule has 15 heteroatoms. The Hall–Kier alpha value is -11.4. The van der Waals surface area contributed by atoms with Gasteiger partial charge >= 0.3 is 7.40 Å². The summed E-state index contributed by atoms with van der Waals surface area (Å²) in [5, 5.41) is 39.4. The van der Waals surface area contributed by atoms with Crippen molar-refractivity contribution in [3.05, 3.63) is 336 Å². The molecule has 0 fully saturated rings. The van der Waals surface area contributed by atoms with Crippen LogP contribution >= 0.6 is 0 Å². The molecular weight excluding hydrogens is 1230 g/mol. The minimum atomic E-state index is -2.62. The van der Waals surface area contributed by atoms with Crippen molar-refractivity contribution in [2.24, 2.45) is 0 Å². The van der Waals surface area contributed by atoms with E-state index in [1.165, 1.54) is 11.8 Å². The molecule has 4 heterocycles. The molecule has 10 aromatic rings. The lowest BCUT2D eigenvalue weighted by Crippen LogP contribution is -2.88. The summed E-state index contributed by atoms with van der Waals surface area (Å²) in [6.07, 6.45) is 25.9. The van der Waals surface area contributed by atoms with Gasteiger partial charge in [-0.2, -0.15) is 10.5 Å². The van der Waals surface area contributed by atoms with E-state index in [0.29, 0.717) is 36.0 Å². The van der Waals surface area contributed by atoms with Crippen molar-refractivity contribution in [1.82, 2.24) is 10.1 Å². The average molecular weight is 1300 g/mol. The number of halogens is 3. The van der Waals surface area contributed by atoms with E-state index >= 15 is 4.32 Å². The fraction of sp³-hybridized carbons (Fsp3) is 0.119. The molecular formula is C84H69B2F3N10. The number of anilines is 5. The van der Waals surface area contributed by atoms with E-state index in [0.717, 1.165) is 117 Å². The van der Waals surface area contributed by atoms with Gasteiger partial charge in [0.25, 0.3) is 0 Å². The summed E-state index contributed by atoms with van der Waals surface area (Å²) < 4.78 is 43.4. The molecule has 6 atom stereocenters. The second kappa shape index (κ2) is 27.2. The molecule has 0 aromatic heterocycles. The first-order chi connectivity index (χ1) is 48.8. The molecule has 4 aliphatic heterocycles. The highest BCUT2D eigenvalue weighted by molar-refractivity contribution is 6.39. The lowest BCUT2D eigenvalue weighted by Gasteiger charge is -2.44. The fourth-order valence-electron chi connectivity index (χ4n) is 15.5. The van der Waals surface area contributed by atoms with Crippen LogP contribution in [-0.2, 0) is 0 Å². The van der Waals surface area contributed by atoms with Crippen molar-refractivity contribution in [3.8, 4) is 45.5 Å². The van der Waals surface area contributed by atoms with Crippen LogP contribution in [0.2, 0.25) is 0 Å².